The maximum Gasteiger partial charge on any atom is 0.295 e. The van der Waals surface area contributed by atoms with Gasteiger partial charge in [-0.25, -0.2) is 13.2 Å². The quantitative estimate of drug-likeness (QED) is 0.0383. The second-order valence-electron chi connectivity index (χ2n) is 24.5. The first kappa shape index (κ1) is 86.3. The number of hydrogen-bond acceptors (Lipinski definition) is 15. The zero-order chi connectivity index (χ0) is 65.2. The maximum absolute atomic E-state index is 13.8. The lowest BCUT2D eigenvalue weighted by atomic mass is 10.0. The third-order valence-corrected chi connectivity index (χ3v) is 16.8. The molecule has 0 radical (unpaired) electrons. The predicted octanol–water partition coefficient (Wildman–Crippen LogP) is 9.20. The van der Waals surface area contributed by atoms with Gasteiger partial charge in [-0.1, -0.05) is 43.8 Å². The molecule has 0 saturated carbocycles. The van der Waals surface area contributed by atoms with Gasteiger partial charge in [-0.3, -0.25) is 24.2 Å². The first-order valence-electron chi connectivity index (χ1n) is 31.7. The number of nitrogens with zero attached hydrogens (tertiary/aromatic N) is 5. The summed E-state index contributed by atoms with van der Waals surface area (Å²) in [7, 11) is 2.45. The molecule has 11 rings (SSSR count). The molecule has 3 aromatic carbocycles. The highest BCUT2D eigenvalue weighted by Gasteiger charge is 2.35. The Bertz CT molecular complexity index is 2790. The molecule has 2 amide bonds. The van der Waals surface area contributed by atoms with Crippen LogP contribution in [-0.4, -0.2) is 205 Å². The van der Waals surface area contributed by atoms with Crippen molar-refractivity contribution in [2.75, 3.05) is 92.8 Å². The summed E-state index contributed by atoms with van der Waals surface area (Å²) >= 11 is 5.46. The van der Waals surface area contributed by atoms with E-state index in [1.807, 2.05) is 19.1 Å². The van der Waals surface area contributed by atoms with Gasteiger partial charge in [0.25, 0.3) is 17.6 Å². The Balaban J connectivity index is 0.000000644. The smallest absolute Gasteiger partial charge is 0.295 e. The number of likely N-dealkylation sites (tertiary alicyclic amines) is 1. The zero-order valence-electron chi connectivity index (χ0n) is 55.9. The number of methoxy groups -OCH3 is 1. The number of ether oxygens (including phenoxy) is 1. The summed E-state index contributed by atoms with van der Waals surface area (Å²) in [5.41, 5.74) is 3.96. The Morgan fingerprint density at radius 1 is 0.538 bits per heavy atom. The fraction of sp³-hybridized carbons (Fsp3) is 0.588. The van der Waals surface area contributed by atoms with E-state index in [1.165, 1.54) is 55.3 Å². The van der Waals surface area contributed by atoms with E-state index >= 15 is 0 Å². The van der Waals surface area contributed by atoms with Gasteiger partial charge in [-0.15, -0.1) is 48.8 Å². The number of halogens is 7. The number of H-pyrrole nitrogens is 1. The molecule has 6 aliphatic rings. The average molecular weight is 1390 g/mol. The van der Waals surface area contributed by atoms with Gasteiger partial charge < -0.3 is 61.8 Å². The molecular formula is C68H110Cl4F3N13O5. The summed E-state index contributed by atoms with van der Waals surface area (Å²) in [5.74, 6) is -1.44. The number of pyridine rings is 1. The van der Waals surface area contributed by atoms with E-state index < -0.39 is 11.7 Å². The molecule has 5 aromatic rings. The Kier molecular flexibility index (Phi) is 41.7. The summed E-state index contributed by atoms with van der Waals surface area (Å²) < 4.78 is 43.7. The number of alkyl halides is 1. The lowest BCUT2D eigenvalue weighted by Crippen LogP contribution is -2.57. The van der Waals surface area contributed by atoms with Gasteiger partial charge in [0, 0.05) is 177 Å². The van der Waals surface area contributed by atoms with E-state index in [0.717, 1.165) is 90.0 Å². The number of hydrogen-bond donors (Lipinski definition) is 9. The van der Waals surface area contributed by atoms with Crippen LogP contribution in [0.25, 0.3) is 11.0 Å². The average Bonchev–Trinajstić information content (AvgIpc) is 1.73. The van der Waals surface area contributed by atoms with E-state index in [9.17, 15) is 27.6 Å². The SMILES string of the molecule is C.CO.COc1nc2[nH]cc(C(=O)C(=O)N3CCCC3)c2cc1C(=O)N1C[C@H](C)N(Cc2ccc(F)cc2)C[C@H]1C.C[C@@H]1CN(Cc2ccc(F)cc2)[C@@H](C)CN1.C[C@@H]1CN[C@@H](C)CN1.C[C@@H]1CN[C@@H](C)CN1.C[C@@H]1CN[C@@H](C)CN1.Cl.Cl.Cl.Fc1ccc(CCl)cc1. The van der Waals surface area contributed by atoms with Crippen LogP contribution in [0.15, 0.2) is 85.1 Å². The van der Waals surface area contributed by atoms with Crippen LogP contribution in [0.3, 0.4) is 0 Å². The number of aliphatic hydroxyl groups excluding tert-OH is 1. The number of piperazine rings is 5. The third-order valence-electron chi connectivity index (χ3n) is 16.5. The minimum atomic E-state index is -0.611. The molecule has 18 nitrogen and oxygen atoms in total. The van der Waals surface area contributed by atoms with Gasteiger partial charge >= 0.3 is 0 Å². The van der Waals surface area contributed by atoms with E-state index in [1.54, 1.807) is 40.1 Å². The zero-order valence-corrected chi connectivity index (χ0v) is 59.1. The molecule has 0 aliphatic carbocycles. The summed E-state index contributed by atoms with van der Waals surface area (Å²) in [6, 6.07) is 26.0. The van der Waals surface area contributed by atoms with Crippen molar-refractivity contribution < 1.29 is 37.4 Å². The second-order valence-corrected chi connectivity index (χ2v) is 24.8. The minimum absolute atomic E-state index is 0. The molecule has 8 heterocycles. The van der Waals surface area contributed by atoms with Gasteiger partial charge in [0.2, 0.25) is 5.88 Å². The van der Waals surface area contributed by atoms with Gasteiger partial charge in [0.1, 0.15) is 28.7 Å². The third kappa shape index (κ3) is 28.9. The molecule has 2 aromatic heterocycles. The molecule has 25 heteroatoms. The number of Topliss-reactive ketones (excluding diaryl/α,β-unsaturated/α-hetero) is 1. The van der Waals surface area contributed by atoms with Crippen LogP contribution in [-0.2, 0) is 23.8 Å². The Hall–Kier alpha value is -4.69. The molecule has 0 unspecified atom stereocenters. The second kappa shape index (κ2) is 44.9. The Labute approximate surface area is 576 Å². The van der Waals surface area contributed by atoms with Gasteiger partial charge in [0.05, 0.1) is 12.7 Å². The molecule has 9 N–H and O–H groups in total. The molecule has 0 bridgehead atoms. The number of fused-ring (bicyclic) bond motifs is 1. The highest BCUT2D eigenvalue weighted by molar-refractivity contribution is 6.44. The summed E-state index contributed by atoms with van der Waals surface area (Å²) in [6.07, 6.45) is 3.25. The van der Waals surface area contributed by atoms with Crippen molar-refractivity contribution in [2.24, 2.45) is 0 Å². The van der Waals surface area contributed by atoms with Crippen LogP contribution in [0.4, 0.5) is 13.2 Å². The van der Waals surface area contributed by atoms with Crippen molar-refractivity contribution in [1.82, 2.24) is 66.8 Å². The minimum Gasteiger partial charge on any atom is -0.480 e. The van der Waals surface area contributed by atoms with E-state index in [0.29, 0.717) is 98.0 Å². The monoisotopic (exact) mass is 1390 g/mol. The van der Waals surface area contributed by atoms with Crippen LogP contribution in [0.2, 0.25) is 0 Å². The van der Waals surface area contributed by atoms with Crippen molar-refractivity contribution in [3.8, 4) is 5.88 Å². The standard InChI is InChI=1S/C28H32FN5O4.C13H19FN2.C7H6ClF.3C6H14N2.CH4O.CH4.3ClH/c1-17-15-34(18(2)14-33(17)16-19-6-8-20(29)9-7-19)27(36)22-12-21-23(13-30-25(21)31-26(22)38-3)24(35)28(37)32-10-4-5-11-32;1-10-8-16(11(2)7-15-10)9-12-3-5-13(14)6-4-12;8-5-6-1-3-7(9)4-2-6;3*1-5-3-8-6(2)4-7-5;1-2;;;;/h6-9,12-13,17-18H,4-5,10-11,14-16H2,1-3H3,(H,30,31);3-6,10-11,15H,7-9H2,1-2H3;1-4H,5H2;3*5-8H,3-4H2,1-2H3;2H,1H3;1H4;3*1H/t17-,18+;10-,11+;;3*5-,6+;;;;;/m01........./s1. The summed E-state index contributed by atoms with van der Waals surface area (Å²) in [4.78, 5) is 55.1. The fourth-order valence-electron chi connectivity index (χ4n) is 10.8. The molecule has 526 valence electrons. The Morgan fingerprint density at radius 3 is 1.31 bits per heavy atom. The topological polar surface area (TPSA) is 207 Å². The normalized spacial score (nSPS) is 24.1. The van der Waals surface area contributed by atoms with Gasteiger partial charge in [0.15, 0.2) is 0 Å². The molecule has 6 aliphatic heterocycles. The number of aromatic nitrogens is 2. The van der Waals surface area contributed by atoms with Crippen molar-refractivity contribution in [3.05, 3.63) is 130 Å². The largest absolute Gasteiger partial charge is 0.480 e. The first-order chi connectivity index (χ1) is 42.6. The molecule has 6 saturated heterocycles. The number of carbonyl (C=O) groups is 3. The summed E-state index contributed by atoms with van der Waals surface area (Å²) in [5, 5.41) is 31.1. The fourth-order valence-corrected chi connectivity index (χ4v) is 11.0. The van der Waals surface area contributed by atoms with Crippen LogP contribution in [0.5, 0.6) is 5.88 Å². The predicted molar refractivity (Wildman–Crippen MR) is 381 cm³/mol. The Morgan fingerprint density at radius 2 is 0.925 bits per heavy atom. The molecule has 6 fully saturated rings. The number of carbonyl (C=O) groups excluding carboxylic acids is 3. The lowest BCUT2D eigenvalue weighted by Gasteiger charge is -2.44. The number of aliphatic hydroxyl groups is 1. The van der Waals surface area contributed by atoms with Gasteiger partial charge in [-0.05, 0) is 141 Å². The van der Waals surface area contributed by atoms with Crippen molar-refractivity contribution >= 4 is 77.5 Å². The molecule has 93 heavy (non-hydrogen) atoms. The van der Waals surface area contributed by atoms with Crippen LogP contribution >= 0.6 is 48.8 Å². The molecule has 0 spiro atoms. The highest BCUT2D eigenvalue weighted by Crippen LogP contribution is 2.29. The maximum atomic E-state index is 13.8. The van der Waals surface area contributed by atoms with Gasteiger partial charge in [-0.2, -0.15) is 4.98 Å². The lowest BCUT2D eigenvalue weighted by molar-refractivity contribution is -0.125. The van der Waals surface area contributed by atoms with Crippen LogP contribution in [0.1, 0.15) is 127 Å². The van der Waals surface area contributed by atoms with E-state index in [4.69, 9.17) is 21.4 Å². The highest BCUT2D eigenvalue weighted by atomic mass is 35.5. The summed E-state index contributed by atoms with van der Waals surface area (Å²) in [6.45, 7) is 34.2. The number of rotatable bonds is 9. The molecule has 10 atom stereocenters. The number of nitrogens with one attached hydrogen (secondary N) is 8. The van der Waals surface area contributed by atoms with E-state index in [2.05, 4.69) is 119 Å². The number of benzene rings is 3. The van der Waals surface area contributed by atoms with Crippen molar-refractivity contribution in [1.29, 1.82) is 0 Å². The molecular weight excluding hydrogens is 1280 g/mol. The van der Waals surface area contributed by atoms with Crippen molar-refractivity contribution in [3.63, 3.8) is 0 Å². The number of amides is 2. The van der Waals surface area contributed by atoms with Crippen molar-refractivity contribution in [2.45, 2.75) is 169 Å². The van der Waals surface area contributed by atoms with Crippen LogP contribution < -0.4 is 42.0 Å². The van der Waals surface area contributed by atoms with Crippen LogP contribution in [0, 0.1) is 17.5 Å². The number of ketones is 1. The first-order valence-corrected chi connectivity index (χ1v) is 32.2. The van der Waals surface area contributed by atoms with E-state index in [-0.39, 0.29) is 97.1 Å². The number of aromatic amines is 1.